The molecule has 166 valence electrons. The second-order valence-corrected chi connectivity index (χ2v) is 8.11. The Bertz CT molecular complexity index is 1190. The largest absolute Gasteiger partial charge is 0.417 e. The van der Waals surface area contributed by atoms with Crippen molar-refractivity contribution in [3.63, 3.8) is 0 Å². The van der Waals surface area contributed by atoms with Gasteiger partial charge in [-0.15, -0.1) is 0 Å². The molecule has 0 aliphatic heterocycles. The molecule has 0 radical (unpaired) electrons. The number of aryl methyl sites for hydroxylation is 1. The summed E-state index contributed by atoms with van der Waals surface area (Å²) in [6.07, 6.45) is -0.136. The van der Waals surface area contributed by atoms with E-state index in [9.17, 15) is 18.0 Å². The van der Waals surface area contributed by atoms with Gasteiger partial charge in [-0.05, 0) is 62.9 Å². The number of nitrogens with one attached hydrogen (secondary N) is 3. The van der Waals surface area contributed by atoms with Crippen LogP contribution in [-0.4, -0.2) is 28.0 Å². The molecule has 3 N–H and O–H groups in total. The molecule has 0 bridgehead atoms. The van der Waals surface area contributed by atoms with Crippen molar-refractivity contribution in [2.24, 2.45) is 0 Å². The van der Waals surface area contributed by atoms with Crippen LogP contribution < -0.4 is 10.6 Å². The molecule has 0 unspecified atom stereocenters. The van der Waals surface area contributed by atoms with E-state index in [-0.39, 0.29) is 18.0 Å². The third-order valence-electron chi connectivity index (χ3n) is 5.79. The highest BCUT2D eigenvalue weighted by Gasteiger charge is 2.34. The highest BCUT2D eigenvalue weighted by atomic mass is 19.4. The highest BCUT2D eigenvalue weighted by molar-refractivity contribution is 6.05. The number of anilines is 1. The van der Waals surface area contributed by atoms with E-state index in [4.69, 9.17) is 5.26 Å². The molecular formula is C23H22F3N5O. The summed E-state index contributed by atoms with van der Waals surface area (Å²) >= 11 is 0. The first-order valence-corrected chi connectivity index (χ1v) is 10.4. The summed E-state index contributed by atoms with van der Waals surface area (Å²) < 4.78 is 39.5. The van der Waals surface area contributed by atoms with Gasteiger partial charge in [-0.25, -0.2) is 4.98 Å². The van der Waals surface area contributed by atoms with Crippen molar-refractivity contribution in [3.8, 4) is 6.07 Å². The summed E-state index contributed by atoms with van der Waals surface area (Å²) in [7, 11) is 0. The number of aromatic amines is 1. The van der Waals surface area contributed by atoms with E-state index in [1.807, 2.05) is 13.0 Å². The zero-order valence-electron chi connectivity index (χ0n) is 17.4. The van der Waals surface area contributed by atoms with Gasteiger partial charge in [0.1, 0.15) is 5.65 Å². The molecule has 1 aliphatic carbocycles. The molecule has 0 spiro atoms. The molecule has 6 nitrogen and oxygen atoms in total. The van der Waals surface area contributed by atoms with E-state index in [2.05, 4.69) is 20.6 Å². The number of benzene rings is 1. The molecule has 3 aromatic rings. The Balaban J connectivity index is 1.36. The lowest BCUT2D eigenvalue weighted by molar-refractivity contribution is -0.137. The summed E-state index contributed by atoms with van der Waals surface area (Å²) in [6.45, 7) is 1.91. The SMILES string of the molecule is Cc1cc2c(C(=O)N[C@H]3CC[C@@H](Nc4ccc(C#N)c(C(F)(F)F)c4)CC3)ccnc2[nH]1. The number of nitriles is 1. The van der Waals surface area contributed by atoms with Crippen molar-refractivity contribution in [3.05, 3.63) is 58.9 Å². The highest BCUT2D eigenvalue weighted by Crippen LogP contribution is 2.34. The predicted octanol–water partition coefficient (Wildman–Crippen LogP) is 4.91. The summed E-state index contributed by atoms with van der Waals surface area (Å²) in [6, 6.07) is 8.84. The van der Waals surface area contributed by atoms with Crippen molar-refractivity contribution in [1.82, 2.24) is 15.3 Å². The van der Waals surface area contributed by atoms with Gasteiger partial charge in [-0.3, -0.25) is 4.79 Å². The smallest absolute Gasteiger partial charge is 0.382 e. The topological polar surface area (TPSA) is 93.6 Å². The molecule has 4 rings (SSSR count). The molecule has 9 heteroatoms. The van der Waals surface area contributed by atoms with Gasteiger partial charge in [-0.1, -0.05) is 0 Å². The van der Waals surface area contributed by atoms with Crippen LogP contribution in [0.4, 0.5) is 18.9 Å². The monoisotopic (exact) mass is 441 g/mol. The summed E-state index contributed by atoms with van der Waals surface area (Å²) in [4.78, 5) is 20.2. The zero-order valence-corrected chi connectivity index (χ0v) is 17.4. The van der Waals surface area contributed by atoms with E-state index in [0.717, 1.165) is 17.1 Å². The first-order valence-electron chi connectivity index (χ1n) is 10.4. The number of hydrogen-bond acceptors (Lipinski definition) is 4. The number of hydrogen-bond donors (Lipinski definition) is 3. The maximum absolute atomic E-state index is 13.2. The summed E-state index contributed by atoms with van der Waals surface area (Å²) in [5.41, 5.74) is 1.18. The first-order chi connectivity index (χ1) is 15.2. The first kappa shape index (κ1) is 21.7. The van der Waals surface area contributed by atoms with E-state index in [0.29, 0.717) is 42.6 Å². The quantitative estimate of drug-likeness (QED) is 0.536. The van der Waals surface area contributed by atoms with Gasteiger partial charge in [0.2, 0.25) is 0 Å². The molecule has 2 heterocycles. The average molecular weight is 441 g/mol. The normalized spacial score (nSPS) is 18.8. The lowest BCUT2D eigenvalue weighted by atomic mass is 9.90. The summed E-state index contributed by atoms with van der Waals surface area (Å²) in [5, 5.41) is 15.9. The molecule has 2 aromatic heterocycles. The van der Waals surface area contributed by atoms with Crippen LogP contribution in [-0.2, 0) is 6.18 Å². The summed E-state index contributed by atoms with van der Waals surface area (Å²) in [5.74, 6) is -0.158. The fraction of sp³-hybridized carbons (Fsp3) is 0.348. The lowest BCUT2D eigenvalue weighted by Gasteiger charge is -2.30. The van der Waals surface area contributed by atoms with Gasteiger partial charge >= 0.3 is 6.18 Å². The van der Waals surface area contributed by atoms with E-state index in [1.165, 1.54) is 12.1 Å². The van der Waals surface area contributed by atoms with Crippen LogP contribution in [0.15, 0.2) is 36.5 Å². The van der Waals surface area contributed by atoms with Gasteiger partial charge < -0.3 is 15.6 Å². The number of fused-ring (bicyclic) bond motifs is 1. The van der Waals surface area contributed by atoms with Crippen molar-refractivity contribution < 1.29 is 18.0 Å². The van der Waals surface area contributed by atoms with Crippen LogP contribution in [0.1, 0.15) is 52.9 Å². The maximum atomic E-state index is 13.2. The Morgan fingerprint density at radius 2 is 1.88 bits per heavy atom. The number of halogens is 3. The Morgan fingerprint density at radius 3 is 2.56 bits per heavy atom. The van der Waals surface area contributed by atoms with Crippen molar-refractivity contribution in [2.45, 2.75) is 50.9 Å². The van der Waals surface area contributed by atoms with Crippen LogP contribution >= 0.6 is 0 Å². The Hall–Kier alpha value is -3.54. The molecule has 1 amide bonds. The van der Waals surface area contributed by atoms with Crippen LogP contribution in [0.25, 0.3) is 11.0 Å². The number of nitrogens with zero attached hydrogens (tertiary/aromatic N) is 2. The number of rotatable bonds is 4. The number of carbonyl (C=O) groups excluding carboxylic acids is 1. The number of carbonyl (C=O) groups is 1. The second-order valence-electron chi connectivity index (χ2n) is 8.11. The third-order valence-corrected chi connectivity index (χ3v) is 5.79. The Morgan fingerprint density at radius 1 is 1.16 bits per heavy atom. The molecular weight excluding hydrogens is 419 g/mol. The molecule has 1 fully saturated rings. The Labute approximate surface area is 182 Å². The van der Waals surface area contributed by atoms with Gasteiger partial charge in [0.15, 0.2) is 0 Å². The van der Waals surface area contributed by atoms with E-state index >= 15 is 0 Å². The van der Waals surface area contributed by atoms with E-state index in [1.54, 1.807) is 18.3 Å². The number of alkyl halides is 3. The number of H-pyrrole nitrogens is 1. The van der Waals surface area contributed by atoms with Gasteiger partial charge in [0.25, 0.3) is 5.91 Å². The van der Waals surface area contributed by atoms with Crippen LogP contribution in [0.3, 0.4) is 0 Å². The van der Waals surface area contributed by atoms with Crippen LogP contribution in [0, 0.1) is 18.3 Å². The van der Waals surface area contributed by atoms with Gasteiger partial charge in [-0.2, -0.15) is 18.4 Å². The Kier molecular flexibility index (Phi) is 5.78. The zero-order chi connectivity index (χ0) is 22.9. The predicted molar refractivity (Wildman–Crippen MR) is 114 cm³/mol. The van der Waals surface area contributed by atoms with Gasteiger partial charge in [0.05, 0.1) is 22.8 Å². The van der Waals surface area contributed by atoms with Crippen LogP contribution in [0.5, 0.6) is 0 Å². The molecule has 1 aliphatic rings. The standard InChI is InChI=1S/C23H22F3N5O/c1-13-10-19-18(8-9-28-21(19)29-13)22(32)31-16-6-4-15(5-7-16)30-17-3-2-14(12-27)20(11-17)23(24,25)26/h2-3,8-11,15-16,30H,4-7H2,1H3,(H,28,29)(H,31,32)/t15-,16+. The lowest BCUT2D eigenvalue weighted by Crippen LogP contribution is -2.40. The molecule has 32 heavy (non-hydrogen) atoms. The molecule has 1 aromatic carbocycles. The molecule has 0 saturated heterocycles. The fourth-order valence-electron chi connectivity index (χ4n) is 4.20. The minimum absolute atomic E-state index is 0.00266. The van der Waals surface area contributed by atoms with Crippen molar-refractivity contribution >= 4 is 22.6 Å². The minimum atomic E-state index is -4.58. The fourth-order valence-corrected chi connectivity index (χ4v) is 4.20. The number of pyridine rings is 1. The van der Waals surface area contributed by atoms with Crippen molar-refractivity contribution in [1.29, 1.82) is 5.26 Å². The van der Waals surface area contributed by atoms with Gasteiger partial charge in [0, 0.05) is 35.0 Å². The molecule has 0 atom stereocenters. The van der Waals surface area contributed by atoms with Crippen LogP contribution in [0.2, 0.25) is 0 Å². The number of amides is 1. The molecule has 1 saturated carbocycles. The average Bonchev–Trinajstić information content (AvgIpc) is 3.14. The minimum Gasteiger partial charge on any atom is -0.382 e. The maximum Gasteiger partial charge on any atom is 0.417 e. The second kappa shape index (κ2) is 8.54. The third kappa shape index (κ3) is 4.54. The van der Waals surface area contributed by atoms with Crippen molar-refractivity contribution in [2.75, 3.05) is 5.32 Å². The van der Waals surface area contributed by atoms with E-state index < -0.39 is 17.3 Å². The number of aromatic nitrogens is 2.